The van der Waals surface area contributed by atoms with Crippen LogP contribution < -0.4 is 15.4 Å². The van der Waals surface area contributed by atoms with Gasteiger partial charge in [-0.2, -0.15) is 0 Å². The summed E-state index contributed by atoms with van der Waals surface area (Å²) < 4.78 is 5.83. The van der Waals surface area contributed by atoms with Gasteiger partial charge in [-0.05, 0) is 48.7 Å². The number of carbonyl (C=O) groups is 2. The second-order valence-corrected chi connectivity index (χ2v) is 8.08. The average Bonchev–Trinajstić information content (AvgIpc) is 2.87. The number of benzene rings is 3. The van der Waals surface area contributed by atoms with Crippen LogP contribution in [0.4, 0.5) is 11.4 Å². The molecule has 0 fully saturated rings. The van der Waals surface area contributed by atoms with E-state index in [1.807, 2.05) is 71.6 Å². The summed E-state index contributed by atoms with van der Waals surface area (Å²) in [4.78, 5) is 27.2. The number of carbonyl (C=O) groups excluding carboxylic acids is 2. The molecule has 0 bridgehead atoms. The van der Waals surface area contributed by atoms with Crippen molar-refractivity contribution in [1.29, 1.82) is 0 Å². The highest BCUT2D eigenvalue weighted by Gasteiger charge is 2.14. The molecule has 3 rings (SSSR count). The Kier molecular flexibility index (Phi) is 9.52. The summed E-state index contributed by atoms with van der Waals surface area (Å²) in [6.45, 7) is 6.15. The SMILES string of the molecule is CCCN(CCC)C(=O)c1cccc(NCC(=O)Nc2cccc(OCc3ccccc3)c2)c1. The van der Waals surface area contributed by atoms with Gasteiger partial charge in [0.2, 0.25) is 5.91 Å². The quantitative estimate of drug-likeness (QED) is 0.371. The van der Waals surface area contributed by atoms with Gasteiger partial charge in [-0.25, -0.2) is 0 Å². The number of rotatable bonds is 12. The zero-order valence-corrected chi connectivity index (χ0v) is 19.9. The van der Waals surface area contributed by atoms with Crippen LogP contribution in [-0.2, 0) is 11.4 Å². The molecule has 0 atom stereocenters. The van der Waals surface area contributed by atoms with E-state index in [0.29, 0.717) is 23.6 Å². The van der Waals surface area contributed by atoms with E-state index in [2.05, 4.69) is 24.5 Å². The summed E-state index contributed by atoms with van der Waals surface area (Å²) in [6.07, 6.45) is 1.84. The molecule has 0 aromatic heterocycles. The maximum atomic E-state index is 12.8. The van der Waals surface area contributed by atoms with Gasteiger partial charge in [0.25, 0.3) is 5.91 Å². The second kappa shape index (κ2) is 13.0. The highest BCUT2D eigenvalue weighted by Crippen LogP contribution is 2.19. The van der Waals surface area contributed by atoms with Gasteiger partial charge in [0.1, 0.15) is 12.4 Å². The van der Waals surface area contributed by atoms with Crippen LogP contribution in [0.15, 0.2) is 78.9 Å². The van der Waals surface area contributed by atoms with Gasteiger partial charge in [0.15, 0.2) is 0 Å². The second-order valence-electron chi connectivity index (χ2n) is 8.08. The molecule has 6 heteroatoms. The summed E-state index contributed by atoms with van der Waals surface area (Å²) >= 11 is 0. The fraction of sp³-hybridized carbons (Fsp3) is 0.286. The standard InChI is InChI=1S/C28H33N3O3/c1-3-16-31(17-4-2)28(33)23-12-8-13-24(18-23)29-20-27(32)30-25-14-9-15-26(19-25)34-21-22-10-6-5-7-11-22/h5-15,18-19,29H,3-4,16-17,20-21H2,1-2H3,(H,30,32). The van der Waals surface area contributed by atoms with Crippen LogP contribution in [0.25, 0.3) is 0 Å². The topological polar surface area (TPSA) is 70.7 Å². The number of nitrogens with one attached hydrogen (secondary N) is 2. The van der Waals surface area contributed by atoms with Crippen molar-refractivity contribution in [2.24, 2.45) is 0 Å². The van der Waals surface area contributed by atoms with E-state index in [9.17, 15) is 9.59 Å². The lowest BCUT2D eigenvalue weighted by atomic mass is 10.1. The van der Waals surface area contributed by atoms with Crippen molar-refractivity contribution >= 4 is 23.2 Å². The predicted octanol–water partition coefficient (Wildman–Crippen LogP) is 5.58. The molecule has 0 radical (unpaired) electrons. The van der Waals surface area contributed by atoms with Crippen LogP contribution in [0, 0.1) is 0 Å². The molecule has 0 unspecified atom stereocenters. The van der Waals surface area contributed by atoms with Gasteiger partial charge in [0.05, 0.1) is 6.54 Å². The first-order valence-electron chi connectivity index (χ1n) is 11.8. The summed E-state index contributed by atoms with van der Waals surface area (Å²) in [6, 6.07) is 24.5. The Morgan fingerprint density at radius 2 is 1.53 bits per heavy atom. The fourth-order valence-electron chi connectivity index (χ4n) is 3.59. The third-order valence-corrected chi connectivity index (χ3v) is 5.20. The molecule has 0 saturated carbocycles. The van der Waals surface area contributed by atoms with Crippen molar-refractivity contribution in [3.8, 4) is 5.75 Å². The molecule has 0 aliphatic carbocycles. The van der Waals surface area contributed by atoms with E-state index in [0.717, 1.165) is 37.2 Å². The van der Waals surface area contributed by atoms with Gasteiger partial charge in [-0.3, -0.25) is 9.59 Å². The predicted molar refractivity (Wildman–Crippen MR) is 137 cm³/mol. The van der Waals surface area contributed by atoms with Crippen LogP contribution in [0.5, 0.6) is 5.75 Å². The number of anilines is 2. The normalized spacial score (nSPS) is 10.4. The Hall–Kier alpha value is -3.80. The van der Waals surface area contributed by atoms with E-state index in [4.69, 9.17) is 4.74 Å². The molecule has 34 heavy (non-hydrogen) atoms. The van der Waals surface area contributed by atoms with Crippen molar-refractivity contribution < 1.29 is 14.3 Å². The minimum Gasteiger partial charge on any atom is -0.489 e. The van der Waals surface area contributed by atoms with Crippen LogP contribution in [0.3, 0.4) is 0 Å². The van der Waals surface area contributed by atoms with Crippen molar-refractivity contribution in [2.75, 3.05) is 30.3 Å². The van der Waals surface area contributed by atoms with E-state index in [-0.39, 0.29) is 18.4 Å². The number of ether oxygens (including phenoxy) is 1. The molecule has 2 amide bonds. The molecule has 178 valence electrons. The Morgan fingerprint density at radius 3 is 2.26 bits per heavy atom. The van der Waals surface area contributed by atoms with Gasteiger partial charge >= 0.3 is 0 Å². The molecule has 0 saturated heterocycles. The van der Waals surface area contributed by atoms with E-state index in [1.165, 1.54) is 0 Å². The third kappa shape index (κ3) is 7.66. The number of hydrogen-bond donors (Lipinski definition) is 2. The first kappa shape index (κ1) is 24.8. The van der Waals surface area contributed by atoms with E-state index >= 15 is 0 Å². The van der Waals surface area contributed by atoms with Crippen LogP contribution >= 0.6 is 0 Å². The summed E-state index contributed by atoms with van der Waals surface area (Å²) in [7, 11) is 0. The molecular weight excluding hydrogens is 426 g/mol. The molecule has 0 heterocycles. The first-order valence-corrected chi connectivity index (χ1v) is 11.8. The third-order valence-electron chi connectivity index (χ3n) is 5.20. The Labute approximate surface area is 201 Å². The molecular formula is C28H33N3O3. The van der Waals surface area contributed by atoms with Crippen LogP contribution in [-0.4, -0.2) is 36.3 Å². The smallest absolute Gasteiger partial charge is 0.253 e. The van der Waals surface area contributed by atoms with Crippen molar-refractivity contribution in [3.63, 3.8) is 0 Å². The Morgan fingerprint density at radius 1 is 0.824 bits per heavy atom. The van der Waals surface area contributed by atoms with Gasteiger partial charge < -0.3 is 20.3 Å². The van der Waals surface area contributed by atoms with Gasteiger partial charge in [-0.1, -0.05) is 56.3 Å². The zero-order valence-electron chi connectivity index (χ0n) is 19.9. The maximum Gasteiger partial charge on any atom is 0.253 e. The lowest BCUT2D eigenvalue weighted by Crippen LogP contribution is -2.32. The molecule has 3 aromatic rings. The molecule has 0 spiro atoms. The number of hydrogen-bond acceptors (Lipinski definition) is 4. The summed E-state index contributed by atoms with van der Waals surface area (Å²) in [5.41, 5.74) is 3.09. The largest absolute Gasteiger partial charge is 0.489 e. The van der Waals surface area contributed by atoms with E-state index < -0.39 is 0 Å². The molecule has 2 N–H and O–H groups in total. The highest BCUT2D eigenvalue weighted by atomic mass is 16.5. The maximum absolute atomic E-state index is 12.8. The first-order chi connectivity index (χ1) is 16.6. The van der Waals surface area contributed by atoms with Gasteiger partial charge in [0, 0.05) is 36.1 Å². The summed E-state index contributed by atoms with van der Waals surface area (Å²) in [5.74, 6) is 0.518. The van der Waals surface area contributed by atoms with Crippen molar-refractivity contribution in [3.05, 3.63) is 90.0 Å². The zero-order chi connectivity index (χ0) is 24.2. The van der Waals surface area contributed by atoms with Crippen molar-refractivity contribution in [1.82, 2.24) is 4.90 Å². The van der Waals surface area contributed by atoms with E-state index in [1.54, 1.807) is 12.1 Å². The Balaban J connectivity index is 1.53. The molecule has 3 aromatic carbocycles. The molecule has 0 aliphatic rings. The molecule has 6 nitrogen and oxygen atoms in total. The average molecular weight is 460 g/mol. The number of nitrogens with zero attached hydrogens (tertiary/aromatic N) is 1. The lowest BCUT2D eigenvalue weighted by Gasteiger charge is -2.21. The monoisotopic (exact) mass is 459 g/mol. The van der Waals surface area contributed by atoms with Gasteiger partial charge in [-0.15, -0.1) is 0 Å². The minimum absolute atomic E-state index is 0.0177. The minimum atomic E-state index is -0.185. The van der Waals surface area contributed by atoms with Crippen molar-refractivity contribution in [2.45, 2.75) is 33.3 Å². The van der Waals surface area contributed by atoms with Crippen LogP contribution in [0.2, 0.25) is 0 Å². The number of amides is 2. The Bertz CT molecular complexity index is 1060. The van der Waals surface area contributed by atoms with Crippen LogP contribution in [0.1, 0.15) is 42.6 Å². The lowest BCUT2D eigenvalue weighted by molar-refractivity contribution is -0.114. The summed E-state index contributed by atoms with van der Waals surface area (Å²) in [5, 5.41) is 5.99. The highest BCUT2D eigenvalue weighted by molar-refractivity contribution is 5.96. The fourth-order valence-corrected chi connectivity index (χ4v) is 3.59. The molecule has 0 aliphatic heterocycles.